The maximum atomic E-state index is 12.7. The Morgan fingerprint density at radius 3 is 2.83 bits per heavy atom. The Bertz CT molecular complexity index is 590. The molecular formula is C15H23N5O2S. The van der Waals surface area contributed by atoms with Gasteiger partial charge in [-0.05, 0) is 26.4 Å². The summed E-state index contributed by atoms with van der Waals surface area (Å²) in [5, 5.41) is 9.70. The number of likely N-dealkylation sites (N-methyl/N-ethyl adjacent to an activating group) is 1. The highest BCUT2D eigenvalue weighted by Crippen LogP contribution is 2.29. The van der Waals surface area contributed by atoms with Crippen molar-refractivity contribution in [2.45, 2.75) is 26.2 Å². The molecule has 23 heavy (non-hydrogen) atoms. The Kier molecular flexibility index (Phi) is 4.91. The minimum absolute atomic E-state index is 0.0194. The van der Waals surface area contributed by atoms with Gasteiger partial charge in [0.25, 0.3) is 0 Å². The monoisotopic (exact) mass is 337 g/mol. The molecule has 2 saturated heterocycles. The van der Waals surface area contributed by atoms with E-state index in [9.17, 15) is 9.59 Å². The number of hydrogen-bond donors (Lipinski definition) is 0. The number of nitrogens with zero attached hydrogens (tertiary/aromatic N) is 5. The van der Waals surface area contributed by atoms with E-state index in [1.165, 1.54) is 11.3 Å². The number of hydrogen-bond acceptors (Lipinski definition) is 6. The number of carbonyl (C=O) groups excluding carboxylic acids is 2. The van der Waals surface area contributed by atoms with Gasteiger partial charge in [-0.2, -0.15) is 0 Å². The third kappa shape index (κ3) is 3.53. The maximum absolute atomic E-state index is 12.7. The first-order chi connectivity index (χ1) is 11.1. The largest absolute Gasteiger partial charge is 0.341 e. The van der Waals surface area contributed by atoms with E-state index in [0.717, 1.165) is 44.0 Å². The fraction of sp³-hybridized carbons (Fsp3) is 0.733. The zero-order chi connectivity index (χ0) is 16.4. The molecule has 2 aliphatic heterocycles. The summed E-state index contributed by atoms with van der Waals surface area (Å²) in [5.74, 6) is -0.162. The molecule has 1 unspecified atom stereocenters. The molecule has 1 aromatic rings. The number of aromatic nitrogens is 2. The van der Waals surface area contributed by atoms with Crippen molar-refractivity contribution in [2.24, 2.45) is 5.92 Å². The quantitative estimate of drug-likeness (QED) is 0.809. The van der Waals surface area contributed by atoms with Gasteiger partial charge >= 0.3 is 0 Å². The third-order valence-corrected chi connectivity index (χ3v) is 5.59. The van der Waals surface area contributed by atoms with Gasteiger partial charge in [-0.15, -0.1) is 10.2 Å². The number of rotatable bonds is 3. The first kappa shape index (κ1) is 16.3. The molecular weight excluding hydrogens is 314 g/mol. The van der Waals surface area contributed by atoms with Gasteiger partial charge in [0.1, 0.15) is 5.01 Å². The Morgan fingerprint density at radius 2 is 2.09 bits per heavy atom. The second-order valence-electron chi connectivity index (χ2n) is 6.22. The van der Waals surface area contributed by atoms with Gasteiger partial charge < -0.3 is 9.80 Å². The van der Waals surface area contributed by atoms with E-state index >= 15 is 0 Å². The number of anilines is 1. The molecule has 1 atom stereocenters. The van der Waals surface area contributed by atoms with Crippen LogP contribution >= 0.6 is 11.3 Å². The molecule has 0 aliphatic carbocycles. The van der Waals surface area contributed by atoms with Crippen molar-refractivity contribution >= 4 is 28.3 Å². The van der Waals surface area contributed by atoms with Crippen molar-refractivity contribution in [2.75, 3.05) is 44.7 Å². The number of aryl methyl sites for hydroxylation is 1. The van der Waals surface area contributed by atoms with Gasteiger partial charge in [0, 0.05) is 32.6 Å². The first-order valence-electron chi connectivity index (χ1n) is 8.18. The molecule has 2 amide bonds. The molecule has 7 nitrogen and oxygen atoms in total. The van der Waals surface area contributed by atoms with Crippen molar-refractivity contribution in [3.8, 4) is 0 Å². The molecule has 2 fully saturated rings. The first-order valence-corrected chi connectivity index (χ1v) is 9.00. The van der Waals surface area contributed by atoms with Gasteiger partial charge in [-0.25, -0.2) is 0 Å². The van der Waals surface area contributed by atoms with Crippen molar-refractivity contribution in [1.29, 1.82) is 0 Å². The normalized spacial score (nSPS) is 23.4. The third-order valence-electron chi connectivity index (χ3n) is 4.49. The van der Waals surface area contributed by atoms with E-state index in [2.05, 4.69) is 22.1 Å². The topological polar surface area (TPSA) is 69.6 Å². The lowest BCUT2D eigenvalue weighted by molar-refractivity contribution is -0.135. The van der Waals surface area contributed by atoms with Crippen LogP contribution in [0.25, 0.3) is 0 Å². The van der Waals surface area contributed by atoms with Crippen molar-refractivity contribution < 1.29 is 9.59 Å². The Balaban J connectivity index is 1.65. The molecule has 0 spiro atoms. The van der Waals surface area contributed by atoms with Crippen LogP contribution in [0, 0.1) is 5.92 Å². The van der Waals surface area contributed by atoms with Crippen molar-refractivity contribution in [3.05, 3.63) is 5.01 Å². The van der Waals surface area contributed by atoms with Crippen molar-refractivity contribution in [3.63, 3.8) is 0 Å². The predicted molar refractivity (Wildman–Crippen MR) is 88.4 cm³/mol. The molecule has 1 aromatic heterocycles. The minimum atomic E-state index is -0.250. The van der Waals surface area contributed by atoms with Gasteiger partial charge in [0.2, 0.25) is 16.9 Å². The summed E-state index contributed by atoms with van der Waals surface area (Å²) in [6.45, 7) is 5.89. The predicted octanol–water partition coefficient (Wildman–Crippen LogP) is 0.618. The fourth-order valence-electron chi connectivity index (χ4n) is 3.08. The molecule has 0 radical (unpaired) electrons. The molecule has 0 N–H and O–H groups in total. The highest BCUT2D eigenvalue weighted by atomic mass is 32.1. The maximum Gasteiger partial charge on any atom is 0.229 e. The zero-order valence-corrected chi connectivity index (χ0v) is 14.5. The van der Waals surface area contributed by atoms with Crippen LogP contribution in [0.4, 0.5) is 5.13 Å². The SMILES string of the molecule is CCc1nnc(N2CC(C(=O)N3CCCN(C)CC3)CC2=O)s1. The molecule has 8 heteroatoms. The summed E-state index contributed by atoms with van der Waals surface area (Å²) in [5.41, 5.74) is 0. The lowest BCUT2D eigenvalue weighted by Gasteiger charge is -2.23. The molecule has 2 aliphatic rings. The average Bonchev–Trinajstić information content (AvgIpc) is 3.10. The smallest absolute Gasteiger partial charge is 0.229 e. The summed E-state index contributed by atoms with van der Waals surface area (Å²) in [4.78, 5) is 30.8. The molecule has 3 rings (SSSR count). The van der Waals surface area contributed by atoms with E-state index < -0.39 is 0 Å². The second kappa shape index (κ2) is 6.92. The lowest BCUT2D eigenvalue weighted by atomic mass is 10.1. The highest BCUT2D eigenvalue weighted by molar-refractivity contribution is 7.15. The summed E-state index contributed by atoms with van der Waals surface area (Å²) in [6.07, 6.45) is 2.08. The molecule has 0 aromatic carbocycles. The van der Waals surface area contributed by atoms with Crippen LogP contribution < -0.4 is 4.90 Å². The molecule has 3 heterocycles. The van der Waals surface area contributed by atoms with Gasteiger partial charge in [0.15, 0.2) is 0 Å². The highest BCUT2D eigenvalue weighted by Gasteiger charge is 2.38. The minimum Gasteiger partial charge on any atom is -0.341 e. The lowest BCUT2D eigenvalue weighted by Crippen LogP contribution is -2.39. The van der Waals surface area contributed by atoms with Crippen molar-refractivity contribution in [1.82, 2.24) is 20.0 Å². The average molecular weight is 337 g/mol. The molecule has 126 valence electrons. The number of carbonyl (C=O) groups is 2. The Labute approximate surface area is 140 Å². The summed E-state index contributed by atoms with van der Waals surface area (Å²) in [6, 6.07) is 0. The van der Waals surface area contributed by atoms with E-state index in [4.69, 9.17) is 0 Å². The number of amides is 2. The van der Waals surface area contributed by atoms with Crippen LogP contribution in [-0.2, 0) is 16.0 Å². The van der Waals surface area contributed by atoms with E-state index in [-0.39, 0.29) is 24.2 Å². The molecule has 0 bridgehead atoms. The van der Waals surface area contributed by atoms with Crippen LogP contribution in [-0.4, -0.2) is 71.6 Å². The molecule has 0 saturated carbocycles. The Morgan fingerprint density at radius 1 is 1.26 bits per heavy atom. The fourth-order valence-corrected chi connectivity index (χ4v) is 3.88. The van der Waals surface area contributed by atoms with Crippen LogP contribution in [0.1, 0.15) is 24.8 Å². The van der Waals surface area contributed by atoms with Crippen LogP contribution in [0.2, 0.25) is 0 Å². The van der Waals surface area contributed by atoms with E-state index in [1.807, 2.05) is 11.8 Å². The van der Waals surface area contributed by atoms with E-state index in [0.29, 0.717) is 11.7 Å². The van der Waals surface area contributed by atoms with Gasteiger partial charge in [-0.3, -0.25) is 14.5 Å². The van der Waals surface area contributed by atoms with Crippen LogP contribution in [0.3, 0.4) is 0 Å². The second-order valence-corrected chi connectivity index (χ2v) is 7.26. The summed E-state index contributed by atoms with van der Waals surface area (Å²) in [7, 11) is 2.08. The standard InChI is InChI=1S/C15H23N5O2S/c1-3-12-16-17-15(23-12)20-10-11(9-13(20)21)14(22)19-6-4-5-18(2)7-8-19/h11H,3-10H2,1-2H3. The van der Waals surface area contributed by atoms with Crippen LogP contribution in [0.15, 0.2) is 0 Å². The van der Waals surface area contributed by atoms with Gasteiger partial charge in [0.05, 0.1) is 5.92 Å². The summed E-state index contributed by atoms with van der Waals surface area (Å²) >= 11 is 1.44. The van der Waals surface area contributed by atoms with Gasteiger partial charge in [-0.1, -0.05) is 18.3 Å². The zero-order valence-electron chi connectivity index (χ0n) is 13.7. The van der Waals surface area contributed by atoms with Crippen LogP contribution in [0.5, 0.6) is 0 Å². The van der Waals surface area contributed by atoms with E-state index in [1.54, 1.807) is 4.90 Å². The summed E-state index contributed by atoms with van der Waals surface area (Å²) < 4.78 is 0. The Hall–Kier alpha value is -1.54.